The van der Waals surface area contributed by atoms with Crippen molar-refractivity contribution in [2.24, 2.45) is 4.99 Å². The number of hydrogen-bond donors (Lipinski definition) is 1. The van der Waals surface area contributed by atoms with Gasteiger partial charge in [-0.15, -0.1) is 0 Å². The third-order valence-corrected chi connectivity index (χ3v) is 5.59. The first-order valence-electron chi connectivity index (χ1n) is 9.85. The fourth-order valence-electron chi connectivity index (χ4n) is 4.09. The first-order valence-corrected chi connectivity index (χ1v) is 9.85. The van der Waals surface area contributed by atoms with E-state index in [0.29, 0.717) is 6.04 Å². The average molecular weight is 358 g/mol. The molecule has 1 unspecified atom stereocenters. The quantitative estimate of drug-likeness (QED) is 0.578. The highest BCUT2D eigenvalue weighted by atomic mass is 15.4. The van der Waals surface area contributed by atoms with E-state index < -0.39 is 0 Å². The first-order chi connectivity index (χ1) is 12.8. The summed E-state index contributed by atoms with van der Waals surface area (Å²) in [6.45, 7) is 13.7. The molecule has 0 amide bonds. The Labute approximate surface area is 155 Å². The summed E-state index contributed by atoms with van der Waals surface area (Å²) in [5, 5.41) is 3.48. The van der Waals surface area contributed by atoms with E-state index in [-0.39, 0.29) is 0 Å². The predicted octanol–water partition coefficient (Wildman–Crippen LogP) is -0.436. The highest BCUT2D eigenvalue weighted by molar-refractivity contribution is 5.80. The second-order valence-electron chi connectivity index (χ2n) is 7.21. The molecule has 5 heterocycles. The highest BCUT2D eigenvalue weighted by Crippen LogP contribution is 2.16. The van der Waals surface area contributed by atoms with Crippen molar-refractivity contribution in [2.75, 3.05) is 76.9 Å². The second kappa shape index (κ2) is 8.18. The lowest BCUT2D eigenvalue weighted by molar-refractivity contribution is 0.0173. The van der Waals surface area contributed by atoms with Crippen molar-refractivity contribution in [3.63, 3.8) is 0 Å². The predicted molar refractivity (Wildman–Crippen MR) is 104 cm³/mol. The number of rotatable bonds is 4. The summed E-state index contributed by atoms with van der Waals surface area (Å²) in [4.78, 5) is 23.5. The van der Waals surface area contributed by atoms with Crippen molar-refractivity contribution in [1.29, 1.82) is 0 Å². The molecule has 0 radical (unpaired) electrons. The summed E-state index contributed by atoms with van der Waals surface area (Å²) in [6, 6.07) is 2.44. The lowest BCUT2D eigenvalue weighted by Crippen LogP contribution is -2.62. The summed E-state index contributed by atoms with van der Waals surface area (Å²) in [7, 11) is 0. The summed E-state index contributed by atoms with van der Waals surface area (Å²) in [5.41, 5.74) is 0. The molecule has 0 aliphatic carbocycles. The third-order valence-electron chi connectivity index (χ3n) is 5.59. The summed E-state index contributed by atoms with van der Waals surface area (Å²) >= 11 is 0. The van der Waals surface area contributed by atoms with E-state index in [2.05, 4.69) is 41.8 Å². The van der Waals surface area contributed by atoms with Crippen LogP contribution in [0.15, 0.2) is 23.5 Å². The molecule has 5 rings (SSSR count). The molecule has 8 heteroatoms. The summed E-state index contributed by atoms with van der Waals surface area (Å²) in [5.74, 6) is 1.88. The second-order valence-corrected chi connectivity index (χ2v) is 7.21. The molecular formula is C18H30N8. The van der Waals surface area contributed by atoms with Crippen molar-refractivity contribution in [3.8, 4) is 0 Å². The number of aromatic nitrogens is 2. The molecular weight excluding hydrogens is 328 g/mol. The lowest BCUT2D eigenvalue weighted by Gasteiger charge is -2.47. The Hall–Kier alpha value is -1.93. The van der Waals surface area contributed by atoms with Crippen molar-refractivity contribution >= 4 is 11.9 Å². The van der Waals surface area contributed by atoms with Gasteiger partial charge in [0.1, 0.15) is 0 Å². The van der Waals surface area contributed by atoms with Crippen LogP contribution in [0.5, 0.6) is 0 Å². The summed E-state index contributed by atoms with van der Waals surface area (Å²) in [6.07, 6.45) is 3.62. The topological polar surface area (TPSA) is 63.1 Å². The molecule has 142 valence electrons. The van der Waals surface area contributed by atoms with Crippen LogP contribution in [0.4, 0.5) is 5.95 Å². The molecule has 1 aromatic heterocycles. The minimum Gasteiger partial charge on any atom is -0.357 e. The van der Waals surface area contributed by atoms with Crippen molar-refractivity contribution in [2.45, 2.75) is 13.0 Å². The van der Waals surface area contributed by atoms with Gasteiger partial charge in [0.25, 0.3) is 0 Å². The van der Waals surface area contributed by atoms with Crippen LogP contribution in [0.2, 0.25) is 0 Å². The third kappa shape index (κ3) is 3.91. The molecule has 1 aromatic rings. The van der Waals surface area contributed by atoms with Gasteiger partial charge in [0.2, 0.25) is 5.95 Å². The molecule has 4 aliphatic heterocycles. The maximum Gasteiger partial charge on any atom is 0.225 e. The molecule has 4 saturated heterocycles. The fourth-order valence-corrected chi connectivity index (χ4v) is 4.09. The van der Waals surface area contributed by atoms with E-state index in [1.807, 2.05) is 18.5 Å². The SMILES string of the molecule is CCNC(=NCC1CN2CCN1CC2)N1CCN(c2ncccn2)CC1. The monoisotopic (exact) mass is 358 g/mol. The van der Waals surface area contributed by atoms with Gasteiger partial charge in [0, 0.05) is 83.9 Å². The van der Waals surface area contributed by atoms with E-state index >= 15 is 0 Å². The number of piperazine rings is 4. The van der Waals surface area contributed by atoms with E-state index in [9.17, 15) is 0 Å². The van der Waals surface area contributed by atoms with Crippen LogP contribution in [0.3, 0.4) is 0 Å². The molecule has 0 aromatic carbocycles. The molecule has 4 aliphatic rings. The maximum absolute atomic E-state index is 4.99. The molecule has 26 heavy (non-hydrogen) atoms. The van der Waals surface area contributed by atoms with E-state index in [0.717, 1.165) is 51.2 Å². The zero-order valence-corrected chi connectivity index (χ0v) is 15.7. The Morgan fingerprint density at radius 1 is 1.08 bits per heavy atom. The largest absolute Gasteiger partial charge is 0.357 e. The standard InChI is InChI=1S/C18H30N8/c1-2-19-17(22-14-16-15-23-6-8-24(16)9-7-23)25-10-12-26(13-11-25)18-20-4-3-5-21-18/h3-5,16H,2,6-15H2,1H3,(H,19,22). The molecule has 1 N–H and O–H groups in total. The Morgan fingerprint density at radius 3 is 2.42 bits per heavy atom. The molecule has 8 nitrogen and oxygen atoms in total. The zero-order valence-electron chi connectivity index (χ0n) is 15.7. The molecule has 0 saturated carbocycles. The van der Waals surface area contributed by atoms with Gasteiger partial charge in [-0.1, -0.05) is 0 Å². The van der Waals surface area contributed by atoms with Gasteiger partial charge in [0.15, 0.2) is 5.96 Å². The Balaban J connectivity index is 1.35. The van der Waals surface area contributed by atoms with Crippen LogP contribution < -0.4 is 10.2 Å². The number of anilines is 1. The van der Waals surface area contributed by atoms with Gasteiger partial charge in [0.05, 0.1) is 6.54 Å². The minimum absolute atomic E-state index is 0.574. The number of guanidine groups is 1. The van der Waals surface area contributed by atoms with Crippen LogP contribution in [-0.4, -0.2) is 109 Å². The number of nitrogens with zero attached hydrogens (tertiary/aromatic N) is 7. The number of aliphatic imine (C=N–C) groups is 1. The van der Waals surface area contributed by atoms with Crippen LogP contribution in [-0.2, 0) is 0 Å². The van der Waals surface area contributed by atoms with Gasteiger partial charge in [-0.2, -0.15) is 0 Å². The summed E-state index contributed by atoms with van der Waals surface area (Å²) < 4.78 is 0. The van der Waals surface area contributed by atoms with Crippen LogP contribution >= 0.6 is 0 Å². The van der Waals surface area contributed by atoms with Crippen molar-refractivity contribution in [1.82, 2.24) is 30.0 Å². The number of hydrogen-bond acceptors (Lipinski definition) is 6. The number of nitrogens with one attached hydrogen (secondary N) is 1. The first kappa shape index (κ1) is 17.5. The van der Waals surface area contributed by atoms with Gasteiger partial charge in [-0.25, -0.2) is 9.97 Å². The van der Waals surface area contributed by atoms with E-state index in [1.54, 1.807) is 0 Å². The van der Waals surface area contributed by atoms with Crippen LogP contribution in [0.1, 0.15) is 6.92 Å². The van der Waals surface area contributed by atoms with Gasteiger partial charge in [-0.05, 0) is 13.0 Å². The smallest absolute Gasteiger partial charge is 0.225 e. The van der Waals surface area contributed by atoms with Gasteiger partial charge < -0.3 is 15.1 Å². The van der Waals surface area contributed by atoms with E-state index in [1.165, 1.54) is 32.7 Å². The van der Waals surface area contributed by atoms with Crippen molar-refractivity contribution < 1.29 is 0 Å². The highest BCUT2D eigenvalue weighted by Gasteiger charge is 2.31. The molecule has 4 fully saturated rings. The maximum atomic E-state index is 4.99. The van der Waals surface area contributed by atoms with Gasteiger partial charge in [-0.3, -0.25) is 14.8 Å². The number of fused-ring (bicyclic) bond motifs is 3. The minimum atomic E-state index is 0.574. The Bertz CT molecular complexity index is 590. The Kier molecular flexibility index (Phi) is 5.50. The van der Waals surface area contributed by atoms with Gasteiger partial charge >= 0.3 is 0 Å². The molecule has 0 spiro atoms. The Morgan fingerprint density at radius 2 is 1.81 bits per heavy atom. The molecule has 2 bridgehead atoms. The van der Waals surface area contributed by atoms with E-state index in [4.69, 9.17) is 4.99 Å². The fraction of sp³-hybridized carbons (Fsp3) is 0.722. The molecule has 1 atom stereocenters. The van der Waals surface area contributed by atoms with Crippen molar-refractivity contribution in [3.05, 3.63) is 18.5 Å². The van der Waals surface area contributed by atoms with Crippen LogP contribution in [0.25, 0.3) is 0 Å². The zero-order chi connectivity index (χ0) is 17.8. The normalized spacial score (nSPS) is 29.1. The van der Waals surface area contributed by atoms with Crippen LogP contribution in [0, 0.1) is 0 Å². The average Bonchev–Trinajstić information content (AvgIpc) is 2.73. The lowest BCUT2D eigenvalue weighted by atomic mass is 10.1.